The number of carbonyl (C=O) groups excluding carboxylic acids is 4. The summed E-state index contributed by atoms with van der Waals surface area (Å²) < 4.78 is 78.2. The van der Waals surface area contributed by atoms with Crippen molar-refractivity contribution in [3.05, 3.63) is 62.0 Å². The van der Waals surface area contributed by atoms with Crippen LogP contribution >= 0.6 is 45.8 Å². The summed E-state index contributed by atoms with van der Waals surface area (Å²) in [5.74, 6) is -21.2. The first-order valence-corrected chi connectivity index (χ1v) is 15.3. The summed E-state index contributed by atoms with van der Waals surface area (Å²) in [5.41, 5.74) is -1.44. The van der Waals surface area contributed by atoms with Crippen molar-refractivity contribution in [1.29, 1.82) is 0 Å². The van der Waals surface area contributed by atoms with Gasteiger partial charge in [-0.3, -0.25) is 24.1 Å². The topological polar surface area (TPSA) is 104 Å². The first-order chi connectivity index (χ1) is 21.1. The minimum Gasteiger partial charge on any atom is -0.504 e. The normalized spacial score (nSPS) is 30.8. The van der Waals surface area contributed by atoms with E-state index in [9.17, 15) is 37.5 Å². The largest absolute Gasteiger partial charge is 0.504 e. The van der Waals surface area contributed by atoms with Crippen molar-refractivity contribution in [2.24, 2.45) is 17.8 Å². The summed E-state index contributed by atoms with van der Waals surface area (Å²) in [6, 6.07) is 2.68. The van der Waals surface area contributed by atoms with Crippen LogP contribution in [0.3, 0.4) is 0 Å². The number of alkyl halides is 2. The van der Waals surface area contributed by atoms with E-state index in [2.05, 4.69) is 0 Å². The molecule has 0 spiro atoms. The van der Waals surface area contributed by atoms with Crippen LogP contribution in [0, 0.1) is 50.4 Å². The van der Waals surface area contributed by atoms with Crippen molar-refractivity contribution in [2.45, 2.75) is 35.4 Å². The molecule has 45 heavy (non-hydrogen) atoms. The van der Waals surface area contributed by atoms with E-state index in [0.717, 1.165) is 4.90 Å². The number of methoxy groups -OCH3 is 1. The molecule has 1 saturated carbocycles. The molecule has 2 heterocycles. The Bertz CT molecular complexity index is 1760. The number of halogens is 8. The highest BCUT2D eigenvalue weighted by atomic mass is 127. The molecule has 0 radical (unpaired) electrons. The van der Waals surface area contributed by atoms with Gasteiger partial charge in [0.25, 0.3) is 11.8 Å². The maximum atomic E-state index is 15.1. The van der Waals surface area contributed by atoms with Gasteiger partial charge in [0.05, 0.1) is 22.5 Å². The van der Waals surface area contributed by atoms with Crippen molar-refractivity contribution in [2.75, 3.05) is 18.6 Å². The van der Waals surface area contributed by atoms with E-state index >= 15 is 8.78 Å². The molecule has 0 unspecified atom stereocenters. The number of carbonyl (C=O) groups is 4. The number of aromatic hydroxyl groups is 1. The first kappa shape index (κ1) is 32.0. The highest BCUT2D eigenvalue weighted by molar-refractivity contribution is 14.1. The van der Waals surface area contributed by atoms with Crippen molar-refractivity contribution >= 4 is 75.1 Å². The van der Waals surface area contributed by atoms with Crippen LogP contribution < -0.4 is 9.64 Å². The van der Waals surface area contributed by atoms with Gasteiger partial charge < -0.3 is 9.84 Å². The molecule has 2 aliphatic carbocycles. The van der Waals surface area contributed by atoms with E-state index in [1.54, 1.807) is 35.6 Å². The van der Waals surface area contributed by atoms with Gasteiger partial charge in [0, 0.05) is 12.5 Å². The lowest BCUT2D eigenvalue weighted by Crippen LogP contribution is -2.60. The second kappa shape index (κ2) is 10.5. The lowest BCUT2D eigenvalue weighted by atomic mass is 9.56. The number of rotatable bonds is 4. The molecule has 3 fully saturated rings. The van der Waals surface area contributed by atoms with Crippen molar-refractivity contribution in [3.8, 4) is 11.5 Å². The van der Waals surface area contributed by atoms with Gasteiger partial charge in [-0.25, -0.2) is 26.9 Å². The highest BCUT2D eigenvalue weighted by Gasteiger charge is 2.77. The van der Waals surface area contributed by atoms with E-state index in [1.807, 2.05) is 0 Å². The predicted molar refractivity (Wildman–Crippen MR) is 156 cm³/mol. The van der Waals surface area contributed by atoms with Gasteiger partial charge in [-0.05, 0) is 66.0 Å². The Morgan fingerprint density at radius 1 is 0.956 bits per heavy atom. The zero-order valence-corrected chi connectivity index (χ0v) is 26.7. The van der Waals surface area contributed by atoms with Gasteiger partial charge in [0.15, 0.2) is 44.5 Å². The molecule has 6 atom stereocenters. The number of nitrogens with zero attached hydrogens (tertiary/aromatic N) is 2. The Morgan fingerprint density at radius 2 is 1.56 bits per heavy atom. The van der Waals surface area contributed by atoms with E-state index in [-0.39, 0.29) is 38.5 Å². The fourth-order valence-electron chi connectivity index (χ4n) is 7.23. The summed E-state index contributed by atoms with van der Waals surface area (Å²) in [7, 11) is 1.24. The third-order valence-electron chi connectivity index (χ3n) is 9.23. The molecule has 2 aromatic carbocycles. The number of hydrogen-bond acceptors (Lipinski definition) is 6. The summed E-state index contributed by atoms with van der Waals surface area (Å²) in [4.78, 5) is 50.6. The second-order valence-electron chi connectivity index (χ2n) is 11.2. The monoisotopic (exact) mass is 784 g/mol. The second-order valence-corrected chi connectivity index (χ2v) is 13.6. The molecular formula is C29H20Cl2F5IN2O6. The maximum Gasteiger partial charge on any atom is 0.258 e. The molecule has 0 aromatic heterocycles. The van der Waals surface area contributed by atoms with Crippen LogP contribution in [0.5, 0.6) is 11.5 Å². The third-order valence-corrected chi connectivity index (χ3v) is 11.5. The molecule has 2 saturated heterocycles. The van der Waals surface area contributed by atoms with Crippen LogP contribution in [0.1, 0.15) is 31.2 Å². The van der Waals surface area contributed by atoms with Gasteiger partial charge in [0.2, 0.25) is 17.6 Å². The summed E-state index contributed by atoms with van der Waals surface area (Å²) in [5, 5.41) is 10.5. The number of phenolic OH excluding ortho intramolecular Hbond substituents is 1. The Balaban J connectivity index is 1.63. The average molecular weight is 785 g/mol. The van der Waals surface area contributed by atoms with Crippen molar-refractivity contribution < 1.29 is 51.0 Å². The van der Waals surface area contributed by atoms with Crippen LogP contribution in [0.4, 0.5) is 27.6 Å². The number of hydrogen-bond donors (Lipinski definition) is 1. The van der Waals surface area contributed by atoms with Gasteiger partial charge in [-0.2, -0.15) is 0 Å². The van der Waals surface area contributed by atoms with Crippen LogP contribution in [0.2, 0.25) is 0 Å². The summed E-state index contributed by atoms with van der Waals surface area (Å²) in [6.45, 7) is 1.66. The minimum absolute atomic E-state index is 0.0339. The zero-order chi connectivity index (χ0) is 33.1. The summed E-state index contributed by atoms with van der Waals surface area (Å²) >= 11 is 15.9. The summed E-state index contributed by atoms with van der Waals surface area (Å²) in [6.07, 6.45) is 1.03. The predicted octanol–water partition coefficient (Wildman–Crippen LogP) is 5.28. The van der Waals surface area contributed by atoms with Crippen molar-refractivity contribution in [1.82, 2.24) is 4.90 Å². The molecule has 6 rings (SSSR count). The number of allylic oxidation sites excluding steroid dienone is 2. The number of fused-ring (bicyclic) bond motifs is 4. The van der Waals surface area contributed by atoms with E-state index in [1.165, 1.54) is 19.2 Å². The van der Waals surface area contributed by atoms with Crippen LogP contribution in [-0.4, -0.2) is 57.0 Å². The fourth-order valence-corrected chi connectivity index (χ4v) is 8.79. The number of amides is 4. The molecule has 1 N–H and O–H groups in total. The minimum atomic E-state index is -2.66. The highest BCUT2D eigenvalue weighted by Crippen LogP contribution is 2.66. The number of imide groups is 2. The van der Waals surface area contributed by atoms with E-state index < -0.39 is 98.2 Å². The first-order valence-electron chi connectivity index (χ1n) is 13.5. The Morgan fingerprint density at radius 3 is 2.13 bits per heavy atom. The smallest absolute Gasteiger partial charge is 0.258 e. The van der Waals surface area contributed by atoms with Crippen LogP contribution in [0.25, 0.3) is 0 Å². The standard InChI is InChI=1S/C29H20Cl2F5IN2O6/c1-3-38-24(41)11-5-4-10-12(15(11)25(38)42)8-28(30)26(43)39(22-20(35)18(33)17(32)19(34)21(22)36)27(44)29(28,31)16(10)9-6-13(37)23(40)14(7-9)45-2/h4,6-7,11-12,15-16,40H,3,5,8H2,1-2H3/t11-,12+,15-,16-,28+,29-/m0/s1. The molecule has 238 valence electrons. The molecule has 8 nitrogen and oxygen atoms in total. The molecular weight excluding hydrogens is 765 g/mol. The third kappa shape index (κ3) is 3.93. The maximum absolute atomic E-state index is 15.1. The SMILES string of the molecule is CCN1C(=O)[C@H]2[C@H](CC=C3[C@H]2C[C@@]2(Cl)C(=O)N(c4c(F)c(F)c(F)c(F)c4F)C(=O)[C@@]2(Cl)[C@H]3c2cc(I)c(O)c(OC)c2)C1=O. The number of phenols is 1. The number of anilines is 1. The van der Waals surface area contributed by atoms with E-state index in [0.29, 0.717) is 5.57 Å². The molecule has 16 heteroatoms. The molecule has 2 aromatic rings. The average Bonchev–Trinajstić information content (AvgIpc) is 3.34. The fraction of sp³-hybridized carbons (Fsp3) is 0.379. The van der Waals surface area contributed by atoms with Crippen molar-refractivity contribution in [3.63, 3.8) is 0 Å². The lowest BCUT2D eigenvalue weighted by Gasteiger charge is -2.50. The quantitative estimate of drug-likeness (QED) is 0.0861. The Hall–Kier alpha value is -2.98. The molecule has 0 bridgehead atoms. The zero-order valence-electron chi connectivity index (χ0n) is 23.1. The van der Waals surface area contributed by atoms with E-state index in [4.69, 9.17) is 27.9 Å². The molecule has 4 amide bonds. The molecule has 2 aliphatic heterocycles. The number of likely N-dealkylation sites (tertiary alicyclic amines) is 1. The Labute approximate surface area is 275 Å². The molecule has 4 aliphatic rings. The van der Waals surface area contributed by atoms with Gasteiger partial charge in [-0.1, -0.05) is 11.6 Å². The lowest BCUT2D eigenvalue weighted by molar-refractivity contribution is -0.140. The Kier molecular flexibility index (Phi) is 7.48. The number of ether oxygens (including phenoxy) is 1. The van der Waals surface area contributed by atoms with Gasteiger partial charge in [0.1, 0.15) is 5.69 Å². The van der Waals surface area contributed by atoms with Gasteiger partial charge in [-0.15, -0.1) is 23.2 Å². The van der Waals surface area contributed by atoms with Gasteiger partial charge >= 0.3 is 0 Å². The number of benzene rings is 2. The van der Waals surface area contributed by atoms with Crippen LogP contribution in [0.15, 0.2) is 23.8 Å². The van der Waals surface area contributed by atoms with Crippen LogP contribution in [-0.2, 0) is 19.2 Å².